The number of hydrogen-bond donors (Lipinski definition) is 6. The molecule has 0 amide bonds. The third-order valence-electron chi connectivity index (χ3n) is 5.51. The molecule has 0 aliphatic heterocycles. The van der Waals surface area contributed by atoms with Gasteiger partial charge in [-0.25, -0.2) is 0 Å². The summed E-state index contributed by atoms with van der Waals surface area (Å²) in [5.74, 6) is -3.79. The van der Waals surface area contributed by atoms with E-state index in [0.717, 1.165) is 6.92 Å². The monoisotopic (exact) mass is 404 g/mol. The van der Waals surface area contributed by atoms with Crippen LogP contribution in [0, 0.1) is 10.8 Å². The second-order valence-corrected chi connectivity index (χ2v) is 9.97. The summed E-state index contributed by atoms with van der Waals surface area (Å²) in [5, 5.41) is 19.4. The van der Waals surface area contributed by atoms with Gasteiger partial charge in [0.15, 0.2) is 10.3 Å². The van der Waals surface area contributed by atoms with Crippen molar-refractivity contribution in [2.75, 3.05) is 0 Å². The summed E-state index contributed by atoms with van der Waals surface area (Å²) in [6, 6.07) is 0. The van der Waals surface area contributed by atoms with Crippen LogP contribution in [-0.4, -0.2) is 46.6 Å². The van der Waals surface area contributed by atoms with Gasteiger partial charge < -0.3 is 29.8 Å². The summed E-state index contributed by atoms with van der Waals surface area (Å²) in [4.78, 5) is 60.5. The van der Waals surface area contributed by atoms with Crippen LogP contribution >= 0.6 is 15.2 Å². The van der Waals surface area contributed by atoms with Gasteiger partial charge in [-0.2, -0.15) is 0 Å². The summed E-state index contributed by atoms with van der Waals surface area (Å²) in [5.41, 5.74) is -5.20. The summed E-state index contributed by atoms with van der Waals surface area (Å²) in [6.07, 6.45) is -2.35. The zero-order chi connectivity index (χ0) is 20.5. The molecule has 0 aromatic heterocycles. The topological polar surface area (TPSA) is 190 Å². The highest BCUT2D eigenvalue weighted by Gasteiger charge is 2.78. The fourth-order valence-corrected chi connectivity index (χ4v) is 8.69. The van der Waals surface area contributed by atoms with E-state index in [0.29, 0.717) is 0 Å². The van der Waals surface area contributed by atoms with Crippen molar-refractivity contribution in [2.45, 2.75) is 58.3 Å². The maximum absolute atomic E-state index is 12.3. The highest BCUT2D eigenvalue weighted by atomic mass is 31.2. The lowest BCUT2D eigenvalue weighted by Gasteiger charge is -2.55. The summed E-state index contributed by atoms with van der Waals surface area (Å²) >= 11 is 0. The summed E-state index contributed by atoms with van der Waals surface area (Å²) in [6.45, 7) is 4.84. The quantitative estimate of drug-likeness (QED) is 0.231. The van der Waals surface area contributed by atoms with Gasteiger partial charge in [0.25, 0.3) is 0 Å². The molecular formula is C13H26O10P2. The number of hydrogen-bond acceptors (Lipinski definition) is 4. The van der Waals surface area contributed by atoms with E-state index in [9.17, 15) is 48.5 Å². The van der Waals surface area contributed by atoms with Gasteiger partial charge in [0.1, 0.15) is 0 Å². The third kappa shape index (κ3) is 2.99. The number of carboxylic acid groups (broad SMARTS) is 2. The average Bonchev–Trinajstić information content (AvgIpc) is 2.43. The van der Waals surface area contributed by atoms with Gasteiger partial charge in [0.2, 0.25) is 0 Å². The largest absolute Gasteiger partial charge is 0.480 e. The van der Waals surface area contributed by atoms with Crippen molar-refractivity contribution in [1.82, 2.24) is 0 Å². The van der Waals surface area contributed by atoms with Gasteiger partial charge in [0.05, 0.1) is 0 Å². The maximum atomic E-state index is 12.3. The van der Waals surface area contributed by atoms with E-state index in [1.54, 1.807) is 0 Å². The Morgan fingerprint density at radius 3 is 1.16 bits per heavy atom. The third-order valence-corrected chi connectivity index (χ3v) is 10.5. The zero-order valence-corrected chi connectivity index (χ0v) is 16.3. The van der Waals surface area contributed by atoms with Gasteiger partial charge in [-0.3, -0.25) is 18.7 Å². The SMILES string of the molecule is CCC(C(=O)O)(C(=O)O)C(CC)(CC)C(CC)(P(=O)(O)O)P(=O)(O)O. The molecule has 0 heterocycles. The molecular weight excluding hydrogens is 378 g/mol. The molecule has 0 rings (SSSR count). The zero-order valence-electron chi connectivity index (χ0n) is 14.5. The van der Waals surface area contributed by atoms with Gasteiger partial charge in [-0.15, -0.1) is 0 Å². The van der Waals surface area contributed by atoms with Gasteiger partial charge in [-0.05, 0) is 25.7 Å². The highest BCUT2D eigenvalue weighted by molar-refractivity contribution is 7.72. The fourth-order valence-electron chi connectivity index (χ4n) is 4.38. The second kappa shape index (κ2) is 7.47. The van der Waals surface area contributed by atoms with E-state index in [1.165, 1.54) is 20.8 Å². The van der Waals surface area contributed by atoms with Crippen molar-refractivity contribution < 1.29 is 48.5 Å². The average molecular weight is 404 g/mol. The van der Waals surface area contributed by atoms with E-state index in [2.05, 4.69) is 0 Å². The predicted octanol–water partition coefficient (Wildman–Crippen LogP) is 1.82. The molecule has 148 valence electrons. The summed E-state index contributed by atoms with van der Waals surface area (Å²) < 4.78 is 24.6. The number of carboxylic acids is 2. The molecule has 0 saturated carbocycles. The Balaban J connectivity index is 7.65. The lowest BCUT2D eigenvalue weighted by molar-refractivity contribution is -0.180. The van der Waals surface area contributed by atoms with Gasteiger partial charge in [0, 0.05) is 5.41 Å². The molecule has 12 heteroatoms. The molecule has 0 radical (unpaired) electrons. The molecule has 25 heavy (non-hydrogen) atoms. The molecule has 0 saturated heterocycles. The van der Waals surface area contributed by atoms with Crippen molar-refractivity contribution in [2.24, 2.45) is 10.8 Å². The van der Waals surface area contributed by atoms with E-state index >= 15 is 0 Å². The van der Waals surface area contributed by atoms with Crippen LogP contribution in [0.15, 0.2) is 0 Å². The Morgan fingerprint density at radius 1 is 0.720 bits per heavy atom. The lowest BCUT2D eigenvalue weighted by Crippen LogP contribution is -2.63. The Hall–Kier alpha value is -0.760. The van der Waals surface area contributed by atoms with E-state index in [4.69, 9.17) is 0 Å². The first-order chi connectivity index (χ1) is 11.1. The molecule has 0 aromatic carbocycles. The van der Waals surface area contributed by atoms with Crippen molar-refractivity contribution in [1.29, 1.82) is 0 Å². The van der Waals surface area contributed by atoms with Crippen LogP contribution < -0.4 is 0 Å². The summed E-state index contributed by atoms with van der Waals surface area (Å²) in [7, 11) is -11.3. The minimum Gasteiger partial charge on any atom is -0.480 e. The highest BCUT2D eigenvalue weighted by Crippen LogP contribution is 2.81. The Bertz CT molecular complexity index is 576. The van der Waals surface area contributed by atoms with Crippen LogP contribution in [0.3, 0.4) is 0 Å². The molecule has 0 bridgehead atoms. The molecule has 0 atom stereocenters. The van der Waals surface area contributed by atoms with Crippen LogP contribution in [0.1, 0.15) is 53.4 Å². The first kappa shape index (κ1) is 24.2. The Morgan fingerprint density at radius 2 is 1.04 bits per heavy atom. The number of aliphatic carboxylic acids is 2. The fraction of sp³-hybridized carbons (Fsp3) is 0.846. The first-order valence-electron chi connectivity index (χ1n) is 7.71. The molecule has 0 unspecified atom stereocenters. The smallest absolute Gasteiger partial charge is 0.344 e. The molecule has 0 fully saturated rings. The van der Waals surface area contributed by atoms with E-state index < -0.39 is 68.5 Å². The molecule has 6 N–H and O–H groups in total. The maximum Gasteiger partial charge on any atom is 0.344 e. The van der Waals surface area contributed by atoms with Crippen LogP contribution in [0.5, 0.6) is 0 Å². The first-order valence-corrected chi connectivity index (χ1v) is 10.9. The van der Waals surface area contributed by atoms with Crippen molar-refractivity contribution in [3.63, 3.8) is 0 Å². The Kier molecular flexibility index (Phi) is 7.24. The predicted molar refractivity (Wildman–Crippen MR) is 88.1 cm³/mol. The molecule has 0 aliphatic rings. The van der Waals surface area contributed by atoms with Crippen molar-refractivity contribution >= 4 is 27.1 Å². The molecule has 0 aliphatic carbocycles. The number of rotatable bonds is 10. The number of carbonyl (C=O) groups is 2. The van der Waals surface area contributed by atoms with Gasteiger partial charge in [-0.1, -0.05) is 27.7 Å². The van der Waals surface area contributed by atoms with Crippen LogP contribution in [0.4, 0.5) is 0 Å². The molecule has 0 aromatic rings. The van der Waals surface area contributed by atoms with E-state index in [-0.39, 0.29) is 0 Å². The Labute approximate surface area is 145 Å². The van der Waals surface area contributed by atoms with Crippen molar-refractivity contribution in [3.8, 4) is 0 Å². The molecule has 0 spiro atoms. The molecule has 10 nitrogen and oxygen atoms in total. The van der Waals surface area contributed by atoms with E-state index in [1.807, 2.05) is 0 Å². The van der Waals surface area contributed by atoms with Crippen LogP contribution in [0.2, 0.25) is 0 Å². The minimum absolute atomic E-state index is 0.472. The standard InChI is InChI=1S/C13H26O10P2/c1-5-11(6-2,12(7-3,9(14)15)10(16)17)13(8-4,24(18,19)20)25(21,22)23/h5-8H2,1-4H3,(H,14,15)(H,16,17)(H2,18,19,20)(H2,21,22,23). The van der Waals surface area contributed by atoms with Crippen molar-refractivity contribution in [3.05, 3.63) is 0 Å². The van der Waals surface area contributed by atoms with Gasteiger partial charge >= 0.3 is 27.1 Å². The van der Waals surface area contributed by atoms with Crippen LogP contribution in [0.25, 0.3) is 0 Å². The second-order valence-electron chi connectivity index (χ2n) is 5.92. The van der Waals surface area contributed by atoms with Crippen LogP contribution in [-0.2, 0) is 18.7 Å². The normalized spacial score (nSPS) is 14.4. The minimum atomic E-state index is -5.66. The lowest BCUT2D eigenvalue weighted by atomic mass is 9.56.